The van der Waals surface area contributed by atoms with Crippen LogP contribution < -0.4 is 16.4 Å². The summed E-state index contributed by atoms with van der Waals surface area (Å²) in [6.07, 6.45) is 0.616. The van der Waals surface area contributed by atoms with E-state index in [-0.39, 0.29) is 18.4 Å². The Bertz CT molecular complexity index is 204. The second-order valence-electron chi connectivity index (χ2n) is 3.57. The minimum Gasteiger partial charge on any atom is -0.357 e. The molecule has 1 atom stereocenters. The number of nitrogens with two attached hydrogens (primary N) is 1. The number of rotatable bonds is 5. The maximum Gasteiger partial charge on any atom is 0.242 e. The highest BCUT2D eigenvalue weighted by atomic mass is 16.2. The predicted octanol–water partition coefficient (Wildman–Crippen LogP) is -0.778. The van der Waals surface area contributed by atoms with Crippen molar-refractivity contribution in [3.63, 3.8) is 0 Å². The maximum atomic E-state index is 11.3. The summed E-state index contributed by atoms with van der Waals surface area (Å²) in [6, 6.07) is -0.476. The van der Waals surface area contributed by atoms with Crippen molar-refractivity contribution < 1.29 is 9.59 Å². The largest absolute Gasteiger partial charge is 0.357 e. The lowest BCUT2D eigenvalue weighted by molar-refractivity contribution is -0.128. The number of nitrogens with one attached hydrogen (secondary N) is 2. The highest BCUT2D eigenvalue weighted by Gasteiger charge is 2.19. The van der Waals surface area contributed by atoms with Gasteiger partial charge in [-0.1, -0.05) is 13.8 Å². The van der Waals surface area contributed by atoms with E-state index in [0.717, 1.165) is 0 Å². The van der Waals surface area contributed by atoms with Gasteiger partial charge in [0.2, 0.25) is 11.8 Å². The van der Waals surface area contributed by atoms with Gasteiger partial charge in [0.05, 0.1) is 6.54 Å². The van der Waals surface area contributed by atoms with Crippen LogP contribution in [0.2, 0.25) is 0 Å². The summed E-state index contributed by atoms with van der Waals surface area (Å²) in [5, 5.41) is 5.08. The molecule has 0 aliphatic rings. The van der Waals surface area contributed by atoms with Crippen molar-refractivity contribution in [3.8, 4) is 0 Å². The maximum absolute atomic E-state index is 11.3. The SMILES string of the molecule is CNC(=O)[C@H](CC(C)C)NC(=O)CN. The molecule has 0 rings (SSSR count). The lowest BCUT2D eigenvalue weighted by Crippen LogP contribution is -2.48. The van der Waals surface area contributed by atoms with Crippen LogP contribution in [-0.2, 0) is 9.59 Å². The third-order valence-corrected chi connectivity index (χ3v) is 1.79. The third kappa shape index (κ3) is 4.81. The fourth-order valence-corrected chi connectivity index (χ4v) is 1.13. The molecule has 0 heterocycles. The molecule has 82 valence electrons. The minimum atomic E-state index is -0.476. The first-order chi connectivity index (χ1) is 6.51. The van der Waals surface area contributed by atoms with Crippen LogP contribution in [0.15, 0.2) is 0 Å². The summed E-state index contributed by atoms with van der Waals surface area (Å²) in [4.78, 5) is 22.3. The normalized spacial score (nSPS) is 12.4. The van der Waals surface area contributed by atoms with E-state index in [1.807, 2.05) is 13.8 Å². The molecule has 0 aromatic carbocycles. The topological polar surface area (TPSA) is 84.2 Å². The Hall–Kier alpha value is -1.10. The third-order valence-electron chi connectivity index (χ3n) is 1.79. The Labute approximate surface area is 84.4 Å². The molecule has 4 N–H and O–H groups in total. The molecule has 0 aromatic heterocycles. The second-order valence-corrected chi connectivity index (χ2v) is 3.57. The summed E-state index contributed by atoms with van der Waals surface area (Å²) in [6.45, 7) is 3.89. The van der Waals surface area contributed by atoms with Crippen LogP contribution in [0, 0.1) is 5.92 Å². The van der Waals surface area contributed by atoms with E-state index in [4.69, 9.17) is 5.73 Å². The zero-order valence-corrected chi connectivity index (χ0v) is 8.96. The average molecular weight is 201 g/mol. The van der Waals surface area contributed by atoms with Crippen molar-refractivity contribution in [1.29, 1.82) is 0 Å². The lowest BCUT2D eigenvalue weighted by Gasteiger charge is -2.18. The first-order valence-electron chi connectivity index (χ1n) is 4.72. The van der Waals surface area contributed by atoms with E-state index in [9.17, 15) is 9.59 Å². The Kier molecular flexibility index (Phi) is 5.87. The molecule has 0 aromatic rings. The Morgan fingerprint density at radius 1 is 1.36 bits per heavy atom. The molecule has 0 saturated carbocycles. The fourth-order valence-electron chi connectivity index (χ4n) is 1.13. The highest BCUT2D eigenvalue weighted by molar-refractivity contribution is 5.88. The molecule has 0 saturated heterocycles. The number of hydrogen-bond donors (Lipinski definition) is 3. The van der Waals surface area contributed by atoms with Gasteiger partial charge in [0.15, 0.2) is 0 Å². The van der Waals surface area contributed by atoms with Gasteiger partial charge < -0.3 is 16.4 Å². The molecule has 0 bridgehead atoms. The van der Waals surface area contributed by atoms with E-state index in [1.165, 1.54) is 0 Å². The smallest absolute Gasteiger partial charge is 0.242 e. The molecule has 0 aliphatic carbocycles. The van der Waals surface area contributed by atoms with Crippen molar-refractivity contribution in [2.75, 3.05) is 13.6 Å². The van der Waals surface area contributed by atoms with Crippen LogP contribution >= 0.6 is 0 Å². The first-order valence-corrected chi connectivity index (χ1v) is 4.72. The van der Waals surface area contributed by atoms with E-state index in [1.54, 1.807) is 7.05 Å². The molecule has 0 fully saturated rings. The van der Waals surface area contributed by atoms with Crippen LogP contribution in [-0.4, -0.2) is 31.4 Å². The number of hydrogen-bond acceptors (Lipinski definition) is 3. The summed E-state index contributed by atoms with van der Waals surface area (Å²) >= 11 is 0. The van der Waals surface area contributed by atoms with Gasteiger partial charge in [0.25, 0.3) is 0 Å². The van der Waals surface area contributed by atoms with Crippen molar-refractivity contribution >= 4 is 11.8 Å². The van der Waals surface area contributed by atoms with Gasteiger partial charge in [-0.15, -0.1) is 0 Å². The molecule has 2 amide bonds. The summed E-state index contributed by atoms with van der Waals surface area (Å²) in [5.41, 5.74) is 5.15. The monoisotopic (exact) mass is 201 g/mol. The van der Waals surface area contributed by atoms with Gasteiger partial charge in [0.1, 0.15) is 6.04 Å². The lowest BCUT2D eigenvalue weighted by atomic mass is 10.0. The summed E-state index contributed by atoms with van der Waals surface area (Å²) in [7, 11) is 1.55. The van der Waals surface area contributed by atoms with Crippen LogP contribution in [0.25, 0.3) is 0 Å². The van der Waals surface area contributed by atoms with Crippen molar-refractivity contribution in [3.05, 3.63) is 0 Å². The van der Waals surface area contributed by atoms with Crippen LogP contribution in [0.3, 0.4) is 0 Å². The molecule has 5 heteroatoms. The Morgan fingerprint density at radius 2 is 1.93 bits per heavy atom. The number of likely N-dealkylation sites (N-methyl/N-ethyl adjacent to an activating group) is 1. The average Bonchev–Trinajstić information content (AvgIpc) is 2.14. The van der Waals surface area contributed by atoms with Gasteiger partial charge in [-0.2, -0.15) is 0 Å². The minimum absolute atomic E-state index is 0.0917. The molecular formula is C9H19N3O2. The van der Waals surface area contributed by atoms with Gasteiger partial charge in [-0.25, -0.2) is 0 Å². The van der Waals surface area contributed by atoms with E-state index in [0.29, 0.717) is 12.3 Å². The van der Waals surface area contributed by atoms with Crippen LogP contribution in [0.1, 0.15) is 20.3 Å². The number of carbonyl (C=O) groups is 2. The van der Waals surface area contributed by atoms with Gasteiger partial charge >= 0.3 is 0 Å². The summed E-state index contributed by atoms with van der Waals surface area (Å²) < 4.78 is 0. The van der Waals surface area contributed by atoms with Crippen LogP contribution in [0.4, 0.5) is 0 Å². The van der Waals surface area contributed by atoms with Crippen molar-refractivity contribution in [1.82, 2.24) is 10.6 Å². The number of carbonyl (C=O) groups excluding carboxylic acids is 2. The highest BCUT2D eigenvalue weighted by Crippen LogP contribution is 2.04. The molecular weight excluding hydrogens is 182 g/mol. The Morgan fingerprint density at radius 3 is 2.29 bits per heavy atom. The van der Waals surface area contributed by atoms with Crippen molar-refractivity contribution in [2.24, 2.45) is 11.7 Å². The van der Waals surface area contributed by atoms with Crippen molar-refractivity contribution in [2.45, 2.75) is 26.3 Å². The standard InChI is InChI=1S/C9H19N3O2/c1-6(2)4-7(9(14)11-3)12-8(13)5-10/h6-7H,4-5,10H2,1-3H3,(H,11,14)(H,12,13)/t7-/m0/s1. The fraction of sp³-hybridized carbons (Fsp3) is 0.778. The second kappa shape index (κ2) is 6.37. The molecule has 0 radical (unpaired) electrons. The predicted molar refractivity (Wildman–Crippen MR) is 54.5 cm³/mol. The Balaban J connectivity index is 4.24. The van der Waals surface area contributed by atoms with E-state index in [2.05, 4.69) is 10.6 Å². The molecule has 0 unspecified atom stereocenters. The molecule has 5 nitrogen and oxygen atoms in total. The van der Waals surface area contributed by atoms with Crippen LogP contribution in [0.5, 0.6) is 0 Å². The zero-order valence-electron chi connectivity index (χ0n) is 8.96. The van der Waals surface area contributed by atoms with E-state index < -0.39 is 6.04 Å². The quantitative estimate of drug-likeness (QED) is 0.545. The molecule has 0 aliphatic heterocycles. The zero-order chi connectivity index (χ0) is 11.1. The van der Waals surface area contributed by atoms with E-state index >= 15 is 0 Å². The summed E-state index contributed by atoms with van der Waals surface area (Å²) in [5.74, 6) is -0.143. The van der Waals surface area contributed by atoms with Gasteiger partial charge in [-0.3, -0.25) is 9.59 Å². The van der Waals surface area contributed by atoms with Gasteiger partial charge in [0, 0.05) is 7.05 Å². The molecule has 0 spiro atoms. The number of amides is 2. The first kappa shape index (κ1) is 12.9. The van der Waals surface area contributed by atoms with Gasteiger partial charge in [-0.05, 0) is 12.3 Å². The molecule has 14 heavy (non-hydrogen) atoms.